The lowest BCUT2D eigenvalue weighted by molar-refractivity contribution is -0.149. The number of fused-ring (bicyclic) bond motifs is 4. The summed E-state index contributed by atoms with van der Waals surface area (Å²) in [5, 5.41) is 71.9. The van der Waals surface area contributed by atoms with Crippen molar-refractivity contribution in [3.63, 3.8) is 0 Å². The second-order valence-electron chi connectivity index (χ2n) is 33.0. The summed E-state index contributed by atoms with van der Waals surface area (Å²) in [6.45, 7) is 4.59. The molecule has 2 aromatic heterocycles. The molecule has 21 N–H and O–H groups in total. The zero-order chi connectivity index (χ0) is 94.8. The van der Waals surface area contributed by atoms with E-state index in [1.807, 2.05) is 13.0 Å². The summed E-state index contributed by atoms with van der Waals surface area (Å²) < 4.78 is 0.800. The van der Waals surface area contributed by atoms with Crippen molar-refractivity contribution < 1.29 is 107 Å². The molecule has 3 aliphatic rings. The molecule has 3 fully saturated rings. The lowest BCUT2D eigenvalue weighted by atomic mass is 10.00. The van der Waals surface area contributed by atoms with Crippen LogP contribution >= 0.6 is 23.1 Å². The Bertz CT molecular complexity index is 4900. The Balaban J connectivity index is 1.18. The van der Waals surface area contributed by atoms with Gasteiger partial charge in [-0.25, -0.2) is 0 Å². The Morgan fingerprint density at radius 2 is 1.06 bits per heavy atom. The van der Waals surface area contributed by atoms with Gasteiger partial charge in [0.2, 0.25) is 106 Å². The normalized spacial score (nSPS) is 25.4. The summed E-state index contributed by atoms with van der Waals surface area (Å²) in [5.74, 6) is -20.0. The number of aliphatic hydroxyl groups is 3. The molecule has 702 valence electrons. The number of nitrogens with one attached hydrogen (secondary N) is 11. The Morgan fingerprint density at radius 3 is 1.71 bits per heavy atom. The second-order valence-corrected chi connectivity index (χ2v) is 34.9. The van der Waals surface area contributed by atoms with Crippen LogP contribution in [0.4, 0.5) is 0 Å². The summed E-state index contributed by atoms with van der Waals surface area (Å²) in [5.41, 5.74) is 18.7. The van der Waals surface area contributed by atoms with Crippen LogP contribution in [0.25, 0.3) is 21.0 Å². The number of aromatic amines is 1. The van der Waals surface area contributed by atoms with E-state index in [-0.39, 0.29) is 63.7 Å². The molecule has 3 aromatic carbocycles. The monoisotopic (exact) mass is 1830 g/mol. The highest BCUT2D eigenvalue weighted by Crippen LogP contribution is 2.30. The van der Waals surface area contributed by atoms with Crippen LogP contribution in [-0.4, -0.2) is 312 Å². The lowest BCUT2D eigenvalue weighted by Gasteiger charge is -2.36. The fourth-order valence-electron chi connectivity index (χ4n) is 15.7. The number of thioether (sulfide) groups is 1. The minimum absolute atomic E-state index is 0.0202. The Morgan fingerprint density at radius 1 is 0.535 bits per heavy atom. The lowest BCUT2D eigenvalue weighted by Crippen LogP contribution is -2.62. The van der Waals surface area contributed by atoms with Crippen LogP contribution in [0.3, 0.4) is 0 Å². The van der Waals surface area contributed by atoms with Crippen LogP contribution in [0.5, 0.6) is 5.75 Å². The molecule has 18 amide bonds. The number of para-hydroxylation sites is 1. The van der Waals surface area contributed by atoms with Gasteiger partial charge in [0, 0.05) is 87.5 Å². The molecule has 5 heterocycles. The molecule has 1 unspecified atom stereocenters. The summed E-state index contributed by atoms with van der Waals surface area (Å²) >= 11 is 2.05. The molecular formula is C86H119N19O22S2. The van der Waals surface area contributed by atoms with Gasteiger partial charge in [-0.3, -0.25) is 86.3 Å². The van der Waals surface area contributed by atoms with Gasteiger partial charge >= 0.3 is 0 Å². The van der Waals surface area contributed by atoms with E-state index in [1.165, 1.54) is 63.7 Å². The number of H-pyrrole nitrogens is 1. The first kappa shape index (κ1) is 102. The molecule has 3 aliphatic heterocycles. The van der Waals surface area contributed by atoms with Gasteiger partial charge in [-0.2, -0.15) is 0 Å². The van der Waals surface area contributed by atoms with Crippen molar-refractivity contribution in [3.05, 3.63) is 101 Å². The largest absolute Gasteiger partial charge is 0.508 e. The summed E-state index contributed by atoms with van der Waals surface area (Å²) in [7, 11) is 3.81. The van der Waals surface area contributed by atoms with Gasteiger partial charge in [0.1, 0.15) is 90.3 Å². The van der Waals surface area contributed by atoms with Gasteiger partial charge in [-0.1, -0.05) is 102 Å². The minimum atomic E-state index is -1.90. The Kier molecular flexibility index (Phi) is 38.1. The molecule has 41 nitrogen and oxygen atoms in total. The molecule has 5 aromatic rings. The molecule has 3 saturated heterocycles. The van der Waals surface area contributed by atoms with Crippen molar-refractivity contribution in [1.29, 1.82) is 0 Å². The number of aromatic hydroxyl groups is 1. The first-order chi connectivity index (χ1) is 61.3. The molecular weight excluding hydrogens is 1720 g/mol. The highest BCUT2D eigenvalue weighted by atomic mass is 32.2. The van der Waals surface area contributed by atoms with E-state index in [1.54, 1.807) is 74.8 Å². The van der Waals surface area contributed by atoms with Crippen molar-refractivity contribution in [2.45, 2.75) is 222 Å². The predicted molar refractivity (Wildman–Crippen MR) is 473 cm³/mol. The number of phenolic OH excluding ortho intramolecular Hbond substituents is 1. The molecule has 129 heavy (non-hydrogen) atoms. The Hall–Kier alpha value is -12.4. The number of aromatic nitrogens is 1. The van der Waals surface area contributed by atoms with Crippen molar-refractivity contribution in [2.24, 2.45) is 23.1 Å². The van der Waals surface area contributed by atoms with Gasteiger partial charge in [-0.05, 0) is 96.7 Å². The number of nitrogens with two attached hydrogens (primary N) is 3. The number of hydrogen-bond donors (Lipinski definition) is 18. The van der Waals surface area contributed by atoms with Crippen molar-refractivity contribution in [1.82, 2.24) is 82.7 Å². The van der Waals surface area contributed by atoms with Crippen molar-refractivity contribution >= 4 is 150 Å². The van der Waals surface area contributed by atoms with Gasteiger partial charge < -0.3 is 120 Å². The van der Waals surface area contributed by atoms with E-state index in [2.05, 4.69) is 58.2 Å². The molecule has 0 saturated carbocycles. The first-order valence-electron chi connectivity index (χ1n) is 42.8. The number of thiophene rings is 1. The molecule has 0 bridgehead atoms. The number of hydrogen-bond acceptors (Lipinski definition) is 24. The van der Waals surface area contributed by atoms with Crippen LogP contribution in [-0.2, 0) is 106 Å². The summed E-state index contributed by atoms with van der Waals surface area (Å²) in [6, 6.07) is -3.32. The smallest absolute Gasteiger partial charge is 0.246 e. The fourth-order valence-corrected chi connectivity index (χ4v) is 17.5. The number of phenols is 1. The average molecular weight is 1840 g/mol. The zero-order valence-electron chi connectivity index (χ0n) is 73.3. The number of nitrogens with zero attached hydrogens (tertiary/aromatic N) is 5. The van der Waals surface area contributed by atoms with Crippen LogP contribution in [0.2, 0.25) is 0 Å². The number of benzene rings is 3. The first-order valence-corrected chi connectivity index (χ1v) is 44.8. The molecule has 43 heteroatoms. The molecule has 15 atom stereocenters. The quantitative estimate of drug-likeness (QED) is 0.0301. The van der Waals surface area contributed by atoms with E-state index in [0.29, 0.717) is 70.4 Å². The SMILES string of the molecule is CCCC[C@H]1C(=O)N(C)[C@@H](CCCC)C(=O)N[C@@H](CO)C(=O)NC(C(=O)NCC(N)=O)CSCC(=O)N[C@@H](Cc2ccc(O)cc2)C(=O)N(C)[C@@H](C)C(=O)N[C@@H](CC(N)=O)C(=O)N2CCC[C@H]2C(=O)N[C@@H](CC(N)=O)C(=O)N[C@@H](CC(C)C)C(=O)N2C[C@H](O)C[C@H]2C(=O)N[C@@H](Cc2c[nH]c3ccccc23)C(=O)N[C@@H](CO)C(=O)N[C@@H](Cc2csc3ccccc23)C(=O)N1C. The number of amides is 18. The summed E-state index contributed by atoms with van der Waals surface area (Å²) in [6.07, 6.45) is -1.51. The topological polar surface area (TPSA) is 619 Å². The highest BCUT2D eigenvalue weighted by Gasteiger charge is 2.47. The predicted octanol–water partition coefficient (Wildman–Crippen LogP) is -3.56. The maximum Gasteiger partial charge on any atom is 0.246 e. The number of carbonyl (C=O) groups is 18. The van der Waals surface area contributed by atoms with Gasteiger partial charge in [0.25, 0.3) is 0 Å². The van der Waals surface area contributed by atoms with Crippen LogP contribution in [0.15, 0.2) is 84.4 Å². The zero-order valence-corrected chi connectivity index (χ0v) is 74.9. The van der Waals surface area contributed by atoms with Crippen LogP contribution < -0.4 is 70.4 Å². The molecule has 0 radical (unpaired) electrons. The fraction of sp³-hybridized carbons (Fsp3) is 0.535. The van der Waals surface area contributed by atoms with Gasteiger partial charge in [0.15, 0.2) is 0 Å². The van der Waals surface area contributed by atoms with E-state index >= 15 is 28.8 Å². The van der Waals surface area contributed by atoms with Gasteiger partial charge in [0.05, 0.1) is 44.5 Å². The number of aliphatic hydroxyl groups excluding tert-OH is 3. The number of rotatable bonds is 23. The van der Waals surface area contributed by atoms with E-state index in [0.717, 1.165) is 29.2 Å². The van der Waals surface area contributed by atoms with E-state index in [4.69, 9.17) is 17.2 Å². The van der Waals surface area contributed by atoms with Crippen LogP contribution in [0, 0.1) is 5.92 Å². The van der Waals surface area contributed by atoms with Crippen LogP contribution in [0.1, 0.15) is 128 Å². The van der Waals surface area contributed by atoms with E-state index in [9.17, 15) is 78.0 Å². The third-order valence-electron chi connectivity index (χ3n) is 22.8. The second kappa shape index (κ2) is 48.2. The van der Waals surface area contributed by atoms with Crippen molar-refractivity contribution in [3.8, 4) is 5.75 Å². The highest BCUT2D eigenvalue weighted by molar-refractivity contribution is 8.00. The standard InChI is InChI=1S/C86H119N19O22S2/c1-9-11-21-64-79(120)99-62(41-107)78(119)100-63(74(115)91-38-71(89)112)43-128-44-72(113)92-58(31-47-25-27-50(108)28-26-47)82(123)101(6)46(5)73(114)95-60(36-70(88)111)84(125)104-29-17-23-65(104)80(121)94-56(35-69(87)110)76(117)96-57(30-45(3)4)85(126)105-39-51(109)34-67(105)81(122)93-55(32-48-37-90-54-20-15-13-18-52(48)54)75(116)98-61(40-106)77(118)97-59(33-49-42-129-68-24-16-14-19-53(49)68)83(124)103(8)66(22-12-10-2)86(127)102(64)7/h13-16,18-20,24-28,37,42,45-46,51,55-67,90,106-109H,9-12,17,21-23,29-36,38-41,43-44H2,1-8H3,(H2,87,110)(H2,88,111)(H2,89,112)(H,91,115)(H,92,113)(H,93,122)(H,94,121)(H,95,114)(H,96,117)(H,97,118)(H,98,116)(H,99,120)(H,100,119)/t46-,51+,55-,56-,57-,58-,59-,60-,61-,62-,63?,64-,65-,66-,67-/m0/s1. The maximum atomic E-state index is 15.6. The number of unbranched alkanes of at least 4 members (excludes halogenated alkanes) is 2. The third kappa shape index (κ3) is 28.1. The number of primary amides is 3. The minimum Gasteiger partial charge on any atom is -0.508 e. The molecule has 8 rings (SSSR count). The third-order valence-corrected chi connectivity index (χ3v) is 24.9. The number of likely N-dealkylation sites (N-methyl/N-ethyl adjacent to an activating group) is 3. The summed E-state index contributed by atoms with van der Waals surface area (Å²) in [4.78, 5) is 268. The van der Waals surface area contributed by atoms with Crippen molar-refractivity contribution in [2.75, 3.05) is 65.5 Å². The molecule has 0 spiro atoms. The maximum absolute atomic E-state index is 15.6. The Labute approximate surface area is 753 Å². The molecule has 0 aliphatic carbocycles. The van der Waals surface area contributed by atoms with E-state index < -0.39 is 260 Å². The number of carbonyl (C=O) groups excluding carboxylic acids is 18. The van der Waals surface area contributed by atoms with Gasteiger partial charge in [-0.15, -0.1) is 23.1 Å². The average Bonchev–Trinajstić information content (AvgIpc) is 1.76.